The molecule has 0 radical (unpaired) electrons. The molecule has 1 N–H and O–H groups in total. The predicted molar refractivity (Wildman–Crippen MR) is 65.1 cm³/mol. The predicted octanol–water partition coefficient (Wildman–Crippen LogP) is 2.97. The van der Waals surface area contributed by atoms with Gasteiger partial charge in [-0.1, -0.05) is 33.1 Å². The molecule has 2 nitrogen and oxygen atoms in total. The molecule has 1 atom stereocenters. The van der Waals surface area contributed by atoms with Crippen LogP contribution in [0.2, 0.25) is 0 Å². The minimum absolute atomic E-state index is 0.0414. The summed E-state index contributed by atoms with van der Waals surface area (Å²) < 4.78 is 6.02. The number of ether oxygens (including phenoxy) is 1. The number of nitrogens with one attached hydrogen (secondary N) is 1. The quantitative estimate of drug-likeness (QED) is 0.669. The van der Waals surface area contributed by atoms with Crippen molar-refractivity contribution >= 4 is 0 Å². The van der Waals surface area contributed by atoms with E-state index in [2.05, 4.69) is 26.1 Å². The number of likely N-dealkylation sites (N-methyl/N-ethyl adjacent to an activating group) is 1. The summed E-state index contributed by atoms with van der Waals surface area (Å²) >= 11 is 0. The van der Waals surface area contributed by atoms with E-state index in [1.165, 1.54) is 25.7 Å². The van der Waals surface area contributed by atoms with Crippen LogP contribution in [0.3, 0.4) is 0 Å². The summed E-state index contributed by atoms with van der Waals surface area (Å²) in [7, 11) is 0. The van der Waals surface area contributed by atoms with E-state index in [0.717, 1.165) is 32.0 Å². The van der Waals surface area contributed by atoms with Gasteiger partial charge in [-0.2, -0.15) is 0 Å². The Morgan fingerprint density at radius 2 is 2.07 bits per heavy atom. The second-order valence-corrected chi connectivity index (χ2v) is 5.02. The Morgan fingerprint density at radius 1 is 1.33 bits per heavy atom. The van der Waals surface area contributed by atoms with Crippen molar-refractivity contribution in [1.29, 1.82) is 0 Å². The summed E-state index contributed by atoms with van der Waals surface area (Å²) in [5, 5.41) is 3.38. The smallest absolute Gasteiger partial charge is 0.0775 e. The van der Waals surface area contributed by atoms with Crippen LogP contribution in [0.1, 0.15) is 52.9 Å². The molecule has 1 saturated carbocycles. The van der Waals surface area contributed by atoms with Crippen LogP contribution in [0.5, 0.6) is 0 Å². The average molecular weight is 213 g/mol. The summed E-state index contributed by atoms with van der Waals surface area (Å²) in [4.78, 5) is 0. The van der Waals surface area contributed by atoms with E-state index >= 15 is 0 Å². The maximum atomic E-state index is 6.02. The van der Waals surface area contributed by atoms with Crippen molar-refractivity contribution in [2.75, 3.05) is 19.7 Å². The fourth-order valence-corrected chi connectivity index (χ4v) is 1.92. The molecule has 0 aromatic heterocycles. The van der Waals surface area contributed by atoms with Gasteiger partial charge in [-0.15, -0.1) is 0 Å². The Labute approximate surface area is 94.8 Å². The highest BCUT2D eigenvalue weighted by Gasteiger charge is 2.23. The first kappa shape index (κ1) is 13.0. The van der Waals surface area contributed by atoms with Crippen molar-refractivity contribution in [2.45, 2.75) is 58.5 Å². The number of rotatable bonds is 8. The lowest BCUT2D eigenvalue weighted by atomic mass is 9.83. The van der Waals surface area contributed by atoms with Crippen LogP contribution in [0.25, 0.3) is 0 Å². The molecule has 0 aliphatic heterocycles. The van der Waals surface area contributed by atoms with E-state index in [1.807, 2.05) is 0 Å². The second-order valence-electron chi connectivity index (χ2n) is 5.02. The Kier molecular flexibility index (Phi) is 5.62. The van der Waals surface area contributed by atoms with Crippen molar-refractivity contribution in [2.24, 2.45) is 5.92 Å². The lowest BCUT2D eigenvalue weighted by molar-refractivity contribution is -0.0411. The van der Waals surface area contributed by atoms with E-state index in [0.29, 0.717) is 0 Å². The molecular weight excluding hydrogens is 186 g/mol. The third kappa shape index (κ3) is 4.52. The maximum Gasteiger partial charge on any atom is 0.0775 e. The zero-order valence-electron chi connectivity index (χ0n) is 10.6. The van der Waals surface area contributed by atoms with Crippen LogP contribution in [0.15, 0.2) is 0 Å². The zero-order chi connectivity index (χ0) is 11.1. The van der Waals surface area contributed by atoms with Gasteiger partial charge in [-0.25, -0.2) is 0 Å². The fourth-order valence-electron chi connectivity index (χ4n) is 1.92. The molecule has 0 saturated heterocycles. The molecule has 1 rings (SSSR count). The number of hydrogen-bond acceptors (Lipinski definition) is 2. The molecule has 15 heavy (non-hydrogen) atoms. The molecule has 0 heterocycles. The standard InChI is InChI=1S/C13H27NO/c1-4-13(3,11-14-5-2)15-10-9-12-7-6-8-12/h12,14H,4-11H2,1-3H3. The minimum atomic E-state index is 0.0414. The third-order valence-corrected chi connectivity index (χ3v) is 3.70. The van der Waals surface area contributed by atoms with Crippen molar-refractivity contribution in [3.8, 4) is 0 Å². The van der Waals surface area contributed by atoms with Gasteiger partial charge < -0.3 is 10.1 Å². The highest BCUT2D eigenvalue weighted by molar-refractivity contribution is 4.77. The van der Waals surface area contributed by atoms with Crippen molar-refractivity contribution < 1.29 is 4.74 Å². The molecule has 0 aromatic rings. The van der Waals surface area contributed by atoms with Gasteiger partial charge in [0.05, 0.1) is 5.60 Å². The monoisotopic (exact) mass is 213 g/mol. The highest BCUT2D eigenvalue weighted by atomic mass is 16.5. The molecule has 0 bridgehead atoms. The lowest BCUT2D eigenvalue weighted by Crippen LogP contribution is -2.40. The van der Waals surface area contributed by atoms with Crippen LogP contribution in [-0.2, 0) is 4.74 Å². The van der Waals surface area contributed by atoms with Gasteiger partial charge in [0, 0.05) is 13.2 Å². The molecule has 0 aromatic carbocycles. The average Bonchev–Trinajstić information content (AvgIpc) is 2.19. The first-order chi connectivity index (χ1) is 7.20. The summed E-state index contributed by atoms with van der Waals surface area (Å²) in [6.07, 6.45) is 6.65. The van der Waals surface area contributed by atoms with Gasteiger partial charge >= 0.3 is 0 Å². The van der Waals surface area contributed by atoms with Crippen LogP contribution in [0.4, 0.5) is 0 Å². The first-order valence-corrected chi connectivity index (χ1v) is 6.55. The fraction of sp³-hybridized carbons (Fsp3) is 1.00. The minimum Gasteiger partial charge on any atom is -0.374 e. The SMILES string of the molecule is CCNCC(C)(CC)OCCC1CCC1. The van der Waals surface area contributed by atoms with Crippen LogP contribution < -0.4 is 5.32 Å². The van der Waals surface area contributed by atoms with Gasteiger partial charge in [0.25, 0.3) is 0 Å². The summed E-state index contributed by atoms with van der Waals surface area (Å²) in [6, 6.07) is 0. The molecule has 1 aliphatic rings. The van der Waals surface area contributed by atoms with E-state index in [-0.39, 0.29) is 5.60 Å². The molecule has 1 aliphatic carbocycles. The van der Waals surface area contributed by atoms with Crippen LogP contribution in [-0.4, -0.2) is 25.3 Å². The normalized spacial score (nSPS) is 21.0. The van der Waals surface area contributed by atoms with Crippen molar-refractivity contribution in [3.05, 3.63) is 0 Å². The Bertz CT molecular complexity index is 168. The Morgan fingerprint density at radius 3 is 2.53 bits per heavy atom. The zero-order valence-corrected chi connectivity index (χ0v) is 10.6. The summed E-state index contributed by atoms with van der Waals surface area (Å²) in [5.74, 6) is 0.963. The molecule has 90 valence electrons. The van der Waals surface area contributed by atoms with Gasteiger partial charge in [0.15, 0.2) is 0 Å². The first-order valence-electron chi connectivity index (χ1n) is 6.55. The highest BCUT2D eigenvalue weighted by Crippen LogP contribution is 2.29. The molecule has 1 unspecified atom stereocenters. The summed E-state index contributed by atoms with van der Waals surface area (Å²) in [6.45, 7) is 9.52. The van der Waals surface area contributed by atoms with Gasteiger partial charge in [0.2, 0.25) is 0 Å². The van der Waals surface area contributed by atoms with E-state index in [1.54, 1.807) is 0 Å². The van der Waals surface area contributed by atoms with Crippen LogP contribution in [0, 0.1) is 5.92 Å². The lowest BCUT2D eigenvalue weighted by Gasteiger charge is -2.31. The maximum absolute atomic E-state index is 6.02. The Hall–Kier alpha value is -0.0800. The van der Waals surface area contributed by atoms with Crippen molar-refractivity contribution in [3.63, 3.8) is 0 Å². The van der Waals surface area contributed by atoms with Crippen molar-refractivity contribution in [1.82, 2.24) is 5.32 Å². The van der Waals surface area contributed by atoms with Gasteiger partial charge in [-0.3, -0.25) is 0 Å². The van der Waals surface area contributed by atoms with E-state index in [4.69, 9.17) is 4.74 Å². The number of hydrogen-bond donors (Lipinski definition) is 1. The van der Waals surface area contributed by atoms with Gasteiger partial charge in [0.1, 0.15) is 0 Å². The van der Waals surface area contributed by atoms with E-state index in [9.17, 15) is 0 Å². The second kappa shape index (κ2) is 6.49. The Balaban J connectivity index is 2.12. The topological polar surface area (TPSA) is 21.3 Å². The third-order valence-electron chi connectivity index (χ3n) is 3.70. The largest absolute Gasteiger partial charge is 0.374 e. The van der Waals surface area contributed by atoms with E-state index < -0.39 is 0 Å². The molecule has 2 heteroatoms. The van der Waals surface area contributed by atoms with Crippen LogP contribution >= 0.6 is 0 Å². The molecule has 0 amide bonds. The van der Waals surface area contributed by atoms with Gasteiger partial charge in [-0.05, 0) is 32.2 Å². The summed E-state index contributed by atoms with van der Waals surface area (Å²) in [5.41, 5.74) is 0.0414. The molecule has 1 fully saturated rings. The molecular formula is C13H27NO. The molecule has 0 spiro atoms.